The van der Waals surface area contributed by atoms with Gasteiger partial charge in [-0.25, -0.2) is 4.39 Å². The molecule has 1 aliphatic heterocycles. The van der Waals surface area contributed by atoms with E-state index in [1.807, 2.05) is 7.05 Å². The van der Waals surface area contributed by atoms with Gasteiger partial charge < -0.3 is 19.7 Å². The molecule has 1 atom stereocenters. The number of phenolic OH excluding ortho intramolecular Hbond substituents is 2. The Hall–Kier alpha value is -2.47. The number of hydrogen-bond acceptors (Lipinski definition) is 5. The summed E-state index contributed by atoms with van der Waals surface area (Å²) in [7, 11) is 4.88. The molecule has 132 valence electrons. The van der Waals surface area contributed by atoms with Crippen LogP contribution in [0.25, 0.3) is 11.1 Å². The van der Waals surface area contributed by atoms with Gasteiger partial charge in [0.2, 0.25) is 0 Å². The predicted molar refractivity (Wildman–Crippen MR) is 91.0 cm³/mol. The SMILES string of the molecule is COc1cc2c(c(F)c1O)CC1c3c(cc(O)c(OC)c3-2)CCN1C. The Balaban J connectivity index is 2.12. The number of phenols is 2. The van der Waals surface area contributed by atoms with E-state index in [9.17, 15) is 14.6 Å². The lowest BCUT2D eigenvalue weighted by atomic mass is 9.76. The first-order valence-electron chi connectivity index (χ1n) is 8.19. The van der Waals surface area contributed by atoms with Crippen LogP contribution in [0, 0.1) is 5.82 Å². The molecule has 0 saturated carbocycles. The summed E-state index contributed by atoms with van der Waals surface area (Å²) in [4.78, 5) is 2.17. The second-order valence-electron chi connectivity index (χ2n) is 6.59. The minimum Gasteiger partial charge on any atom is -0.504 e. The molecule has 0 radical (unpaired) electrons. The maximum Gasteiger partial charge on any atom is 0.194 e. The molecule has 1 heterocycles. The monoisotopic (exact) mass is 345 g/mol. The molecule has 4 rings (SSSR count). The van der Waals surface area contributed by atoms with E-state index < -0.39 is 11.6 Å². The van der Waals surface area contributed by atoms with Crippen molar-refractivity contribution in [1.29, 1.82) is 0 Å². The van der Waals surface area contributed by atoms with Crippen molar-refractivity contribution in [3.63, 3.8) is 0 Å². The van der Waals surface area contributed by atoms with E-state index in [0.717, 1.165) is 24.1 Å². The molecule has 0 bridgehead atoms. The van der Waals surface area contributed by atoms with Gasteiger partial charge in [0.25, 0.3) is 0 Å². The van der Waals surface area contributed by atoms with Gasteiger partial charge in [-0.15, -0.1) is 0 Å². The van der Waals surface area contributed by atoms with Crippen molar-refractivity contribution in [3.8, 4) is 34.1 Å². The highest BCUT2D eigenvalue weighted by atomic mass is 19.1. The molecule has 0 aromatic heterocycles. The van der Waals surface area contributed by atoms with Gasteiger partial charge in [0.1, 0.15) is 0 Å². The van der Waals surface area contributed by atoms with Gasteiger partial charge in [-0.05, 0) is 48.7 Å². The van der Waals surface area contributed by atoms with Gasteiger partial charge in [-0.3, -0.25) is 4.90 Å². The van der Waals surface area contributed by atoms with Crippen LogP contribution in [0.3, 0.4) is 0 Å². The van der Waals surface area contributed by atoms with E-state index in [0.29, 0.717) is 28.9 Å². The van der Waals surface area contributed by atoms with Crippen molar-refractivity contribution in [3.05, 3.63) is 34.6 Å². The fourth-order valence-corrected chi connectivity index (χ4v) is 4.14. The predicted octanol–water partition coefficient (Wildman–Crippen LogP) is 3.01. The molecule has 6 heteroatoms. The first kappa shape index (κ1) is 16.0. The quantitative estimate of drug-likeness (QED) is 0.876. The van der Waals surface area contributed by atoms with Crippen LogP contribution in [0.2, 0.25) is 0 Å². The number of halogens is 1. The normalized spacial score (nSPS) is 18.5. The summed E-state index contributed by atoms with van der Waals surface area (Å²) >= 11 is 0. The molecule has 2 aromatic carbocycles. The van der Waals surface area contributed by atoms with Crippen LogP contribution >= 0.6 is 0 Å². The molecule has 0 saturated heterocycles. The third-order valence-electron chi connectivity index (χ3n) is 5.38. The number of aromatic hydroxyl groups is 2. The smallest absolute Gasteiger partial charge is 0.194 e. The average molecular weight is 345 g/mol. The van der Waals surface area contributed by atoms with Crippen LogP contribution in [0.4, 0.5) is 4.39 Å². The Morgan fingerprint density at radius 2 is 1.96 bits per heavy atom. The van der Waals surface area contributed by atoms with Gasteiger partial charge in [0, 0.05) is 23.7 Å². The van der Waals surface area contributed by atoms with Crippen molar-refractivity contribution in [2.45, 2.75) is 18.9 Å². The number of rotatable bonds is 2. The Morgan fingerprint density at radius 3 is 2.64 bits per heavy atom. The number of likely N-dealkylation sites (N-methyl/N-ethyl adjacent to an activating group) is 1. The molecular formula is C19H20FNO4. The molecule has 0 amide bonds. The fraction of sp³-hybridized carbons (Fsp3) is 0.368. The molecule has 1 aliphatic carbocycles. The van der Waals surface area contributed by atoms with Crippen LogP contribution in [0.1, 0.15) is 22.7 Å². The van der Waals surface area contributed by atoms with E-state index in [2.05, 4.69) is 4.90 Å². The molecule has 5 nitrogen and oxygen atoms in total. The molecule has 0 fully saturated rings. The lowest BCUT2D eigenvalue weighted by Gasteiger charge is -2.40. The molecular weight excluding hydrogens is 325 g/mol. The topological polar surface area (TPSA) is 62.2 Å². The fourth-order valence-electron chi connectivity index (χ4n) is 4.14. The number of fused-ring (bicyclic) bond motifs is 2. The summed E-state index contributed by atoms with van der Waals surface area (Å²) in [5.74, 6) is -0.724. The van der Waals surface area contributed by atoms with E-state index >= 15 is 0 Å². The summed E-state index contributed by atoms with van der Waals surface area (Å²) in [5, 5.41) is 20.5. The maximum absolute atomic E-state index is 14.9. The third kappa shape index (κ3) is 2.10. The molecule has 1 unspecified atom stereocenters. The van der Waals surface area contributed by atoms with Crippen molar-refractivity contribution in [1.82, 2.24) is 4.90 Å². The first-order valence-corrected chi connectivity index (χ1v) is 8.19. The van der Waals surface area contributed by atoms with Crippen LogP contribution in [0.15, 0.2) is 12.1 Å². The largest absolute Gasteiger partial charge is 0.504 e. The molecule has 2 aliphatic rings. The molecule has 2 aromatic rings. The highest BCUT2D eigenvalue weighted by molar-refractivity contribution is 5.85. The molecule has 0 spiro atoms. The Labute approximate surface area is 145 Å². The zero-order valence-electron chi connectivity index (χ0n) is 14.4. The number of hydrogen-bond donors (Lipinski definition) is 2. The highest BCUT2D eigenvalue weighted by Crippen LogP contribution is 2.54. The van der Waals surface area contributed by atoms with Crippen LogP contribution in [-0.4, -0.2) is 42.9 Å². The van der Waals surface area contributed by atoms with Crippen molar-refractivity contribution >= 4 is 0 Å². The Bertz CT molecular complexity index is 881. The van der Waals surface area contributed by atoms with E-state index in [-0.39, 0.29) is 17.5 Å². The number of ether oxygens (including phenoxy) is 2. The average Bonchev–Trinajstić information content (AvgIpc) is 2.61. The summed E-state index contributed by atoms with van der Waals surface area (Å²) in [6.07, 6.45) is 1.25. The van der Waals surface area contributed by atoms with Gasteiger partial charge in [0.15, 0.2) is 28.8 Å². The minimum absolute atomic E-state index is 0.0250. The third-order valence-corrected chi connectivity index (χ3v) is 5.38. The second kappa shape index (κ2) is 5.52. The summed E-state index contributed by atoms with van der Waals surface area (Å²) in [6, 6.07) is 3.34. The number of methoxy groups -OCH3 is 2. The first-order chi connectivity index (χ1) is 12.0. The molecule has 2 N–H and O–H groups in total. The van der Waals surface area contributed by atoms with Crippen LogP contribution < -0.4 is 9.47 Å². The number of nitrogens with zero attached hydrogens (tertiary/aromatic N) is 1. The van der Waals surface area contributed by atoms with Crippen molar-refractivity contribution in [2.24, 2.45) is 0 Å². The van der Waals surface area contributed by atoms with Gasteiger partial charge in [-0.1, -0.05) is 0 Å². The zero-order chi connectivity index (χ0) is 17.9. The van der Waals surface area contributed by atoms with E-state index in [1.165, 1.54) is 14.2 Å². The minimum atomic E-state index is -0.675. The summed E-state index contributed by atoms with van der Waals surface area (Å²) in [5.41, 5.74) is 3.81. The summed E-state index contributed by atoms with van der Waals surface area (Å²) < 4.78 is 25.4. The van der Waals surface area contributed by atoms with Gasteiger partial charge in [-0.2, -0.15) is 0 Å². The standard InChI is InChI=1S/C19H20FNO4/c1-21-5-4-9-6-13(22)19(25-3)16-10-8-14(24-2)18(23)17(20)11(10)7-12(21)15(9)16/h6,8,12,22-23H,4-5,7H2,1-3H3. The lowest BCUT2D eigenvalue weighted by molar-refractivity contribution is 0.224. The van der Waals surface area contributed by atoms with Crippen LogP contribution in [-0.2, 0) is 12.8 Å². The molecule has 25 heavy (non-hydrogen) atoms. The lowest BCUT2D eigenvalue weighted by Crippen LogP contribution is -2.36. The van der Waals surface area contributed by atoms with Gasteiger partial charge in [0.05, 0.1) is 14.2 Å². The van der Waals surface area contributed by atoms with Crippen molar-refractivity contribution < 1.29 is 24.1 Å². The number of benzene rings is 2. The van der Waals surface area contributed by atoms with E-state index in [4.69, 9.17) is 9.47 Å². The zero-order valence-corrected chi connectivity index (χ0v) is 14.4. The van der Waals surface area contributed by atoms with E-state index in [1.54, 1.807) is 12.1 Å². The van der Waals surface area contributed by atoms with Crippen molar-refractivity contribution in [2.75, 3.05) is 27.8 Å². The maximum atomic E-state index is 14.9. The Kier molecular flexibility index (Phi) is 3.54. The Morgan fingerprint density at radius 1 is 1.20 bits per heavy atom. The second-order valence-corrected chi connectivity index (χ2v) is 6.59. The highest BCUT2D eigenvalue weighted by Gasteiger charge is 2.38. The van der Waals surface area contributed by atoms with Crippen LogP contribution in [0.5, 0.6) is 23.0 Å². The summed E-state index contributed by atoms with van der Waals surface area (Å²) in [6.45, 7) is 0.821. The van der Waals surface area contributed by atoms with Gasteiger partial charge >= 0.3 is 0 Å².